The molecule has 1 saturated heterocycles. The van der Waals surface area contributed by atoms with E-state index in [1.807, 2.05) is 4.90 Å². The van der Waals surface area contributed by atoms with E-state index in [4.69, 9.17) is 9.94 Å². The van der Waals surface area contributed by atoms with Crippen molar-refractivity contribution < 1.29 is 14.7 Å². The number of tetrazole rings is 1. The van der Waals surface area contributed by atoms with Gasteiger partial charge in [-0.2, -0.15) is 10.7 Å². The highest BCUT2D eigenvalue weighted by Gasteiger charge is 2.29. The lowest BCUT2D eigenvalue weighted by molar-refractivity contribution is -0.146. The van der Waals surface area contributed by atoms with Gasteiger partial charge in [0, 0.05) is 19.6 Å². The van der Waals surface area contributed by atoms with Crippen molar-refractivity contribution >= 4 is 5.97 Å². The summed E-state index contributed by atoms with van der Waals surface area (Å²) in [5.41, 5.74) is 2.73. The van der Waals surface area contributed by atoms with Gasteiger partial charge in [0.2, 0.25) is 0 Å². The average molecular weight is 295 g/mol. The highest BCUT2D eigenvalue weighted by atomic mass is 16.7. The van der Waals surface area contributed by atoms with Crippen LogP contribution in [0.4, 0.5) is 0 Å². The summed E-state index contributed by atoms with van der Waals surface area (Å²) < 4.78 is 1.56. The van der Waals surface area contributed by atoms with Gasteiger partial charge in [0.25, 0.3) is 0 Å². The molecule has 0 spiro atoms. The molecule has 0 saturated carbocycles. The van der Waals surface area contributed by atoms with E-state index >= 15 is 0 Å². The van der Waals surface area contributed by atoms with Gasteiger partial charge in [-0.3, -0.25) is 9.74 Å². The smallest absolute Gasteiger partial charge is 0.331 e. The summed E-state index contributed by atoms with van der Waals surface area (Å²) in [6.45, 7) is 0.620. The lowest BCUT2D eigenvalue weighted by atomic mass is 9.99. The van der Waals surface area contributed by atoms with E-state index < -0.39 is 12.6 Å². The maximum absolute atomic E-state index is 10.4. The van der Waals surface area contributed by atoms with Crippen molar-refractivity contribution in [3.05, 3.63) is 5.82 Å². The van der Waals surface area contributed by atoms with Gasteiger partial charge in [-0.15, -0.1) is 5.10 Å². The minimum atomic E-state index is -1.03. The molecule has 2 heterocycles. The number of carbonyl (C=O) groups is 1. The number of piperidine rings is 1. The van der Waals surface area contributed by atoms with Crippen molar-refractivity contribution in [3.8, 4) is 6.07 Å². The highest BCUT2D eigenvalue weighted by molar-refractivity contribution is 5.67. The van der Waals surface area contributed by atoms with Crippen LogP contribution in [0.15, 0.2) is 0 Å². The van der Waals surface area contributed by atoms with Crippen LogP contribution in [0.5, 0.6) is 0 Å². The number of carboxylic acid groups (broad SMARTS) is 1. The number of nitriles is 1. The number of hydrogen-bond acceptors (Lipinski definition) is 8. The molecule has 114 valence electrons. The number of nitrogens with zero attached hydrogens (tertiary/aromatic N) is 6. The molecule has 0 aliphatic carbocycles. The summed E-state index contributed by atoms with van der Waals surface area (Å²) in [4.78, 5) is 17.3. The minimum Gasteiger partial charge on any atom is -0.479 e. The Bertz CT molecular complexity index is 526. The van der Waals surface area contributed by atoms with Gasteiger partial charge in [-0.25, -0.2) is 9.48 Å². The summed E-state index contributed by atoms with van der Waals surface area (Å²) in [5.74, 6) is -0.363. The molecule has 1 aliphatic heterocycles. The molecule has 1 aromatic rings. The number of hydrogen-bond donors (Lipinski definition) is 2. The van der Waals surface area contributed by atoms with Gasteiger partial charge >= 0.3 is 5.97 Å². The summed E-state index contributed by atoms with van der Waals surface area (Å²) in [5, 5.41) is 29.0. The number of aryl methyl sites for hydroxylation is 1. The molecule has 0 bridgehead atoms. The van der Waals surface area contributed by atoms with Crippen LogP contribution < -0.4 is 5.48 Å². The molecule has 21 heavy (non-hydrogen) atoms. The zero-order chi connectivity index (χ0) is 15.2. The van der Waals surface area contributed by atoms with Crippen LogP contribution in [0, 0.1) is 11.3 Å². The van der Waals surface area contributed by atoms with E-state index in [-0.39, 0.29) is 12.1 Å². The fourth-order valence-corrected chi connectivity index (χ4v) is 2.25. The molecule has 2 N–H and O–H groups in total. The predicted molar refractivity (Wildman–Crippen MR) is 68.4 cm³/mol. The number of aliphatic carboxylic acids is 1. The maximum atomic E-state index is 10.4. The Labute approximate surface area is 121 Å². The van der Waals surface area contributed by atoms with E-state index in [0.717, 1.165) is 6.42 Å². The molecule has 0 amide bonds. The molecule has 2 atom stereocenters. The van der Waals surface area contributed by atoms with Gasteiger partial charge in [0.15, 0.2) is 12.4 Å². The summed E-state index contributed by atoms with van der Waals surface area (Å²) in [6, 6.07) is 2.02. The number of aromatic nitrogens is 4. The molecule has 10 nitrogen and oxygen atoms in total. The van der Waals surface area contributed by atoms with Crippen molar-refractivity contribution in [1.29, 1.82) is 5.26 Å². The van der Waals surface area contributed by atoms with Crippen molar-refractivity contribution in [2.24, 2.45) is 7.05 Å². The molecule has 0 unspecified atom stereocenters. The first kappa shape index (κ1) is 15.3. The van der Waals surface area contributed by atoms with Crippen LogP contribution in [0.25, 0.3) is 0 Å². The third-order valence-electron chi connectivity index (χ3n) is 3.33. The van der Waals surface area contributed by atoms with Crippen LogP contribution in [0.1, 0.15) is 18.7 Å². The van der Waals surface area contributed by atoms with Crippen LogP contribution >= 0.6 is 0 Å². The Morgan fingerprint density at radius 2 is 2.43 bits per heavy atom. The van der Waals surface area contributed by atoms with E-state index in [2.05, 4.69) is 27.1 Å². The number of nitrogens with one attached hydrogen (secondary N) is 1. The second-order valence-corrected chi connectivity index (χ2v) is 4.87. The average Bonchev–Trinajstić information content (AvgIpc) is 2.84. The normalized spacial score (nSPS) is 22.9. The van der Waals surface area contributed by atoms with Gasteiger partial charge < -0.3 is 5.11 Å². The van der Waals surface area contributed by atoms with Crippen molar-refractivity contribution in [1.82, 2.24) is 30.6 Å². The Kier molecular flexibility index (Phi) is 5.15. The first-order chi connectivity index (χ1) is 10.1. The SMILES string of the molecule is Cn1nnnc1CN1C[C@H](NOCC(=O)O)CC[C@H]1C#N. The first-order valence-electron chi connectivity index (χ1n) is 6.54. The van der Waals surface area contributed by atoms with Crippen molar-refractivity contribution in [2.45, 2.75) is 31.5 Å². The Morgan fingerprint density at radius 1 is 1.62 bits per heavy atom. The molecule has 0 aromatic carbocycles. The van der Waals surface area contributed by atoms with E-state index in [0.29, 0.717) is 25.3 Å². The second kappa shape index (κ2) is 7.07. The molecule has 1 aromatic heterocycles. The molecule has 1 fully saturated rings. The zero-order valence-corrected chi connectivity index (χ0v) is 11.6. The van der Waals surface area contributed by atoms with Crippen molar-refractivity contribution in [2.75, 3.05) is 13.2 Å². The number of hydroxylamine groups is 1. The molecule has 10 heteroatoms. The molecule has 0 radical (unpaired) electrons. The zero-order valence-electron chi connectivity index (χ0n) is 11.6. The standard InChI is InChI=1S/C11H17N7O3/c1-17-10(13-15-16-17)6-18-5-8(2-3-9(18)4-12)14-21-7-11(19)20/h8-9,14H,2-3,5-7H2,1H3,(H,19,20)/t8-,9+/m1/s1. The van der Waals surface area contributed by atoms with Gasteiger partial charge in [-0.1, -0.05) is 0 Å². The third kappa shape index (κ3) is 4.19. The topological polar surface area (TPSA) is 129 Å². The highest BCUT2D eigenvalue weighted by Crippen LogP contribution is 2.18. The molecule has 2 rings (SSSR count). The minimum absolute atomic E-state index is 0.0323. The van der Waals surface area contributed by atoms with Crippen LogP contribution in [-0.2, 0) is 23.2 Å². The lowest BCUT2D eigenvalue weighted by Gasteiger charge is -2.35. The van der Waals surface area contributed by atoms with Gasteiger partial charge in [0.1, 0.15) is 0 Å². The number of likely N-dealkylation sites (tertiary alicyclic amines) is 1. The summed E-state index contributed by atoms with van der Waals surface area (Å²) >= 11 is 0. The first-order valence-corrected chi connectivity index (χ1v) is 6.54. The molecular weight excluding hydrogens is 278 g/mol. The fourth-order valence-electron chi connectivity index (χ4n) is 2.25. The number of carboxylic acids is 1. The Balaban J connectivity index is 1.91. The largest absolute Gasteiger partial charge is 0.479 e. The Hall–Kier alpha value is -2.09. The van der Waals surface area contributed by atoms with Crippen LogP contribution in [0.3, 0.4) is 0 Å². The summed E-state index contributed by atoms with van der Waals surface area (Å²) in [6.07, 6.45) is 1.42. The van der Waals surface area contributed by atoms with Gasteiger partial charge in [-0.05, 0) is 23.3 Å². The van der Waals surface area contributed by atoms with E-state index in [1.165, 1.54) is 0 Å². The molecule has 1 aliphatic rings. The Morgan fingerprint density at radius 3 is 3.05 bits per heavy atom. The quantitative estimate of drug-likeness (QED) is 0.613. The van der Waals surface area contributed by atoms with E-state index in [1.54, 1.807) is 11.7 Å². The molecular formula is C11H17N7O3. The maximum Gasteiger partial charge on any atom is 0.331 e. The van der Waals surface area contributed by atoms with Crippen LogP contribution in [0.2, 0.25) is 0 Å². The number of rotatable bonds is 6. The van der Waals surface area contributed by atoms with E-state index in [9.17, 15) is 10.1 Å². The van der Waals surface area contributed by atoms with Gasteiger partial charge in [0.05, 0.1) is 18.7 Å². The second-order valence-electron chi connectivity index (χ2n) is 4.87. The fraction of sp³-hybridized carbons (Fsp3) is 0.727. The third-order valence-corrected chi connectivity index (χ3v) is 3.33. The van der Waals surface area contributed by atoms with Crippen molar-refractivity contribution in [3.63, 3.8) is 0 Å². The lowest BCUT2D eigenvalue weighted by Crippen LogP contribution is -2.50. The van der Waals surface area contributed by atoms with Crippen LogP contribution in [-0.4, -0.2) is 61.4 Å². The summed E-state index contributed by atoms with van der Waals surface area (Å²) in [7, 11) is 1.74. The predicted octanol–water partition coefficient (Wildman–Crippen LogP) is -1.33. The monoisotopic (exact) mass is 295 g/mol.